The molecular weight excluding hydrogens is 372 g/mol. The minimum atomic E-state index is -3.66. The zero-order valence-corrected chi connectivity index (χ0v) is 15.8. The summed E-state index contributed by atoms with van der Waals surface area (Å²) in [7, 11) is -7.24. The van der Waals surface area contributed by atoms with E-state index >= 15 is 0 Å². The first kappa shape index (κ1) is 17.7. The van der Waals surface area contributed by atoms with Gasteiger partial charge in [0.25, 0.3) is 0 Å². The summed E-state index contributed by atoms with van der Waals surface area (Å²) in [5.74, 6) is 0. The molecule has 0 unspecified atom stereocenters. The fraction of sp³-hybridized carbons (Fsp3) is 0.333. The van der Waals surface area contributed by atoms with E-state index < -0.39 is 20.0 Å². The Morgan fingerprint density at radius 2 is 1.46 bits per heavy atom. The SMILES string of the molecule is O=S(=O)(NC1CC1)c1ccc(S(=O)(=O)N2CCc3ccccc3C2)cc1. The molecule has 0 bridgehead atoms. The summed E-state index contributed by atoms with van der Waals surface area (Å²) >= 11 is 0. The molecule has 1 aliphatic carbocycles. The van der Waals surface area contributed by atoms with E-state index in [1.165, 1.54) is 34.1 Å². The molecule has 8 heteroatoms. The monoisotopic (exact) mass is 392 g/mol. The Morgan fingerprint density at radius 1 is 0.846 bits per heavy atom. The smallest absolute Gasteiger partial charge is 0.208 e. The number of nitrogens with one attached hydrogen (secondary N) is 1. The van der Waals surface area contributed by atoms with Crippen LogP contribution in [0.1, 0.15) is 24.0 Å². The summed E-state index contributed by atoms with van der Waals surface area (Å²) in [6.45, 7) is 0.754. The zero-order valence-electron chi connectivity index (χ0n) is 14.1. The van der Waals surface area contributed by atoms with Crippen LogP contribution in [0, 0.1) is 0 Å². The minimum absolute atomic E-state index is 0.0110. The summed E-state index contributed by atoms with van der Waals surface area (Å²) in [5.41, 5.74) is 2.18. The number of rotatable bonds is 5. The van der Waals surface area contributed by atoms with Crippen molar-refractivity contribution in [2.24, 2.45) is 0 Å². The van der Waals surface area contributed by atoms with Crippen molar-refractivity contribution in [2.45, 2.75) is 41.6 Å². The highest BCUT2D eigenvalue weighted by Crippen LogP contribution is 2.26. The van der Waals surface area contributed by atoms with Crippen LogP contribution in [0.3, 0.4) is 0 Å². The maximum Gasteiger partial charge on any atom is 0.243 e. The first-order valence-corrected chi connectivity index (χ1v) is 11.5. The van der Waals surface area contributed by atoms with Crippen LogP contribution in [0.25, 0.3) is 0 Å². The van der Waals surface area contributed by atoms with Crippen LogP contribution < -0.4 is 4.72 Å². The van der Waals surface area contributed by atoms with E-state index in [1.54, 1.807) is 0 Å². The minimum Gasteiger partial charge on any atom is -0.208 e. The van der Waals surface area contributed by atoms with Gasteiger partial charge in [-0.05, 0) is 54.7 Å². The first-order chi connectivity index (χ1) is 12.4. The van der Waals surface area contributed by atoms with Crippen LogP contribution in [0.4, 0.5) is 0 Å². The Balaban J connectivity index is 1.57. The predicted molar refractivity (Wildman–Crippen MR) is 97.5 cm³/mol. The molecule has 0 saturated heterocycles. The van der Waals surface area contributed by atoms with E-state index in [0.29, 0.717) is 19.5 Å². The fourth-order valence-electron chi connectivity index (χ4n) is 3.10. The van der Waals surface area contributed by atoms with Crippen LogP contribution >= 0.6 is 0 Å². The lowest BCUT2D eigenvalue weighted by Crippen LogP contribution is -2.36. The first-order valence-electron chi connectivity index (χ1n) is 8.56. The number of fused-ring (bicyclic) bond motifs is 1. The molecular formula is C18H20N2O4S2. The van der Waals surface area contributed by atoms with Crippen LogP contribution in [0.2, 0.25) is 0 Å². The van der Waals surface area contributed by atoms with Gasteiger partial charge in [0, 0.05) is 19.1 Å². The second-order valence-corrected chi connectivity index (χ2v) is 10.4. The molecule has 4 rings (SSSR count). The average Bonchev–Trinajstić information content (AvgIpc) is 3.44. The van der Waals surface area contributed by atoms with Gasteiger partial charge in [0.05, 0.1) is 9.79 Å². The van der Waals surface area contributed by atoms with Crippen molar-refractivity contribution in [3.8, 4) is 0 Å². The standard InChI is InChI=1S/C18H20N2O4S2/c21-25(22,19-16-5-6-16)17-7-9-18(10-8-17)26(23,24)20-12-11-14-3-1-2-4-15(14)13-20/h1-4,7-10,16,19H,5-6,11-13H2. The lowest BCUT2D eigenvalue weighted by Gasteiger charge is -2.28. The molecule has 26 heavy (non-hydrogen) atoms. The molecule has 0 spiro atoms. The number of nitrogens with zero attached hydrogens (tertiary/aromatic N) is 1. The Morgan fingerprint density at radius 3 is 2.12 bits per heavy atom. The molecule has 2 aromatic rings. The van der Waals surface area contributed by atoms with Gasteiger partial charge in [-0.2, -0.15) is 4.31 Å². The summed E-state index contributed by atoms with van der Waals surface area (Å²) in [5, 5.41) is 0. The second-order valence-electron chi connectivity index (χ2n) is 6.72. The Hall–Kier alpha value is -1.74. The van der Waals surface area contributed by atoms with E-state index in [2.05, 4.69) is 4.72 Å². The van der Waals surface area contributed by atoms with Gasteiger partial charge in [-0.25, -0.2) is 21.6 Å². The lowest BCUT2D eigenvalue weighted by molar-refractivity contribution is 0.391. The van der Waals surface area contributed by atoms with E-state index in [1.807, 2.05) is 24.3 Å². The van der Waals surface area contributed by atoms with E-state index in [9.17, 15) is 16.8 Å². The number of hydrogen-bond acceptors (Lipinski definition) is 4. The summed E-state index contributed by atoms with van der Waals surface area (Å²) < 4.78 is 54.3. The maximum atomic E-state index is 12.9. The zero-order chi connectivity index (χ0) is 18.4. The van der Waals surface area contributed by atoms with Crippen molar-refractivity contribution in [2.75, 3.05) is 6.54 Å². The number of benzene rings is 2. The van der Waals surface area contributed by atoms with E-state index in [-0.39, 0.29) is 15.8 Å². The van der Waals surface area contributed by atoms with Crippen molar-refractivity contribution >= 4 is 20.0 Å². The molecule has 1 saturated carbocycles. The third-order valence-electron chi connectivity index (χ3n) is 4.77. The number of hydrogen-bond donors (Lipinski definition) is 1. The topological polar surface area (TPSA) is 83.5 Å². The summed E-state index contributed by atoms with van der Waals surface area (Å²) in [6, 6.07) is 13.3. The van der Waals surface area contributed by atoms with Gasteiger partial charge in [-0.1, -0.05) is 24.3 Å². The van der Waals surface area contributed by atoms with Crippen molar-refractivity contribution in [3.63, 3.8) is 0 Å². The molecule has 2 aromatic carbocycles. The van der Waals surface area contributed by atoms with Crippen molar-refractivity contribution in [1.82, 2.24) is 9.03 Å². The fourth-order valence-corrected chi connectivity index (χ4v) is 5.83. The van der Waals surface area contributed by atoms with Gasteiger partial charge in [0.2, 0.25) is 20.0 Å². The molecule has 0 radical (unpaired) electrons. The van der Waals surface area contributed by atoms with Crippen LogP contribution in [0.5, 0.6) is 0 Å². The summed E-state index contributed by atoms with van der Waals surface area (Å²) in [6.07, 6.45) is 2.37. The Kier molecular flexibility index (Phi) is 4.38. The third-order valence-corrected chi connectivity index (χ3v) is 8.16. The van der Waals surface area contributed by atoms with E-state index in [4.69, 9.17) is 0 Å². The molecule has 0 atom stereocenters. The van der Waals surface area contributed by atoms with Crippen LogP contribution in [-0.4, -0.2) is 33.7 Å². The van der Waals surface area contributed by atoms with Crippen molar-refractivity contribution < 1.29 is 16.8 Å². The molecule has 6 nitrogen and oxygen atoms in total. The van der Waals surface area contributed by atoms with Crippen LogP contribution in [-0.2, 0) is 33.0 Å². The molecule has 0 aromatic heterocycles. The molecule has 2 aliphatic rings. The Bertz CT molecular complexity index is 1030. The van der Waals surface area contributed by atoms with Gasteiger partial charge < -0.3 is 0 Å². The van der Waals surface area contributed by atoms with Gasteiger partial charge in [0.1, 0.15) is 0 Å². The Labute approximate surface area is 153 Å². The average molecular weight is 393 g/mol. The molecule has 1 fully saturated rings. The molecule has 1 N–H and O–H groups in total. The van der Waals surface area contributed by atoms with E-state index in [0.717, 1.165) is 18.4 Å². The van der Waals surface area contributed by atoms with Gasteiger partial charge in [0.15, 0.2) is 0 Å². The highest BCUT2D eigenvalue weighted by molar-refractivity contribution is 7.89. The normalized spacial score (nSPS) is 18.5. The third kappa shape index (κ3) is 3.42. The highest BCUT2D eigenvalue weighted by atomic mass is 32.2. The van der Waals surface area contributed by atoms with Crippen molar-refractivity contribution in [1.29, 1.82) is 0 Å². The quantitative estimate of drug-likeness (QED) is 0.842. The summed E-state index contributed by atoms with van der Waals surface area (Å²) in [4.78, 5) is 0.203. The second kappa shape index (κ2) is 6.45. The van der Waals surface area contributed by atoms with Gasteiger partial charge in [-0.15, -0.1) is 0 Å². The molecule has 1 aliphatic heterocycles. The van der Waals surface area contributed by atoms with Crippen LogP contribution in [0.15, 0.2) is 58.3 Å². The lowest BCUT2D eigenvalue weighted by atomic mass is 10.0. The molecule has 1 heterocycles. The molecule has 138 valence electrons. The van der Waals surface area contributed by atoms with Gasteiger partial charge >= 0.3 is 0 Å². The highest BCUT2D eigenvalue weighted by Gasteiger charge is 2.30. The predicted octanol–water partition coefficient (Wildman–Crippen LogP) is 1.87. The maximum absolute atomic E-state index is 12.9. The van der Waals surface area contributed by atoms with Crippen molar-refractivity contribution in [3.05, 3.63) is 59.7 Å². The molecule has 0 amide bonds. The largest absolute Gasteiger partial charge is 0.243 e. The van der Waals surface area contributed by atoms with Gasteiger partial charge in [-0.3, -0.25) is 0 Å². The number of sulfonamides is 2.